The van der Waals surface area contributed by atoms with E-state index in [1.54, 1.807) is 6.08 Å². The number of nitrogens with one attached hydrogen (secondary N) is 1. The third kappa shape index (κ3) is 1.10. The second-order valence-electron chi connectivity index (χ2n) is 7.52. The monoisotopic (exact) mass is 289 g/mol. The first-order chi connectivity index (χ1) is 10.0. The summed E-state index contributed by atoms with van der Waals surface area (Å²) in [6, 6.07) is 0. The summed E-state index contributed by atoms with van der Waals surface area (Å²) >= 11 is 0. The second kappa shape index (κ2) is 3.35. The van der Waals surface area contributed by atoms with Crippen LogP contribution in [0.2, 0.25) is 0 Å². The van der Waals surface area contributed by atoms with Gasteiger partial charge in [0.25, 0.3) is 0 Å². The number of hydrogen-bond donors (Lipinski definition) is 1. The van der Waals surface area contributed by atoms with Gasteiger partial charge in [-0.05, 0) is 45.2 Å². The Balaban J connectivity index is 1.77. The summed E-state index contributed by atoms with van der Waals surface area (Å²) in [7, 11) is 0. The fourth-order valence-electron chi connectivity index (χ4n) is 6.06. The molecule has 2 aliphatic carbocycles. The van der Waals surface area contributed by atoms with Crippen LogP contribution in [0.25, 0.3) is 0 Å². The van der Waals surface area contributed by atoms with E-state index in [4.69, 9.17) is 9.47 Å². The van der Waals surface area contributed by atoms with Gasteiger partial charge in [0.1, 0.15) is 6.10 Å². The number of piperidine rings is 1. The van der Waals surface area contributed by atoms with Gasteiger partial charge in [-0.3, -0.25) is 4.79 Å². The number of ether oxygens (including phenoxy) is 2. The van der Waals surface area contributed by atoms with E-state index in [2.05, 4.69) is 5.32 Å². The van der Waals surface area contributed by atoms with Crippen LogP contribution in [0.4, 0.5) is 0 Å². The zero-order valence-electron chi connectivity index (χ0n) is 12.1. The molecule has 21 heavy (non-hydrogen) atoms. The zero-order chi connectivity index (χ0) is 14.5. The van der Waals surface area contributed by atoms with Crippen LogP contribution < -0.4 is 5.32 Å². The van der Waals surface area contributed by atoms with E-state index in [1.165, 1.54) is 0 Å². The molecule has 2 saturated carbocycles. The number of carbonyl (C=O) groups is 2. The van der Waals surface area contributed by atoms with Crippen LogP contribution in [0, 0.1) is 17.3 Å². The van der Waals surface area contributed by atoms with Gasteiger partial charge in [-0.1, -0.05) is 0 Å². The summed E-state index contributed by atoms with van der Waals surface area (Å²) in [6.07, 6.45) is 7.09. The molecular formula is C16H19NO4. The Kier molecular flexibility index (Phi) is 1.95. The van der Waals surface area contributed by atoms with Crippen LogP contribution in [0.3, 0.4) is 0 Å². The molecule has 1 N–H and O–H groups in total. The minimum absolute atomic E-state index is 0.0239. The van der Waals surface area contributed by atoms with Gasteiger partial charge in [0, 0.05) is 17.9 Å². The number of esters is 2. The Hall–Kier alpha value is -1.36. The van der Waals surface area contributed by atoms with E-state index in [0.717, 1.165) is 25.8 Å². The summed E-state index contributed by atoms with van der Waals surface area (Å²) < 4.78 is 11.6. The minimum atomic E-state index is -0.653. The van der Waals surface area contributed by atoms with Crippen molar-refractivity contribution in [3.63, 3.8) is 0 Å². The fourth-order valence-corrected chi connectivity index (χ4v) is 6.06. The van der Waals surface area contributed by atoms with Crippen molar-refractivity contribution in [2.24, 2.45) is 17.3 Å². The van der Waals surface area contributed by atoms with Crippen LogP contribution in [0.1, 0.15) is 32.6 Å². The highest BCUT2D eigenvalue weighted by Crippen LogP contribution is 2.69. The van der Waals surface area contributed by atoms with Crippen molar-refractivity contribution in [2.75, 3.05) is 6.54 Å². The topological polar surface area (TPSA) is 64.6 Å². The maximum absolute atomic E-state index is 12.6. The van der Waals surface area contributed by atoms with Gasteiger partial charge < -0.3 is 14.8 Å². The largest absolute Gasteiger partial charge is 0.462 e. The molecule has 5 nitrogen and oxygen atoms in total. The Morgan fingerprint density at radius 1 is 1.38 bits per heavy atom. The summed E-state index contributed by atoms with van der Waals surface area (Å²) in [5.74, 6) is -0.109. The van der Waals surface area contributed by atoms with E-state index >= 15 is 0 Å². The van der Waals surface area contributed by atoms with E-state index in [1.807, 2.05) is 13.0 Å². The molecule has 3 heterocycles. The lowest BCUT2D eigenvalue weighted by Crippen LogP contribution is -2.72. The number of carbonyl (C=O) groups excluding carboxylic acids is 2. The lowest BCUT2D eigenvalue weighted by Gasteiger charge is -2.57. The second-order valence-corrected chi connectivity index (χ2v) is 7.52. The van der Waals surface area contributed by atoms with Crippen LogP contribution in [0.5, 0.6) is 0 Å². The SMILES string of the molecule is C[C@@]12C[C@]34NCCC[C@@H]3[C@@H](C[C@H]1[C@]41C=CC(=O)O1)OC2=O. The predicted octanol–water partition coefficient (Wildman–Crippen LogP) is 0.932. The molecule has 2 spiro atoms. The van der Waals surface area contributed by atoms with Crippen molar-refractivity contribution in [2.45, 2.75) is 49.9 Å². The molecular weight excluding hydrogens is 270 g/mol. The predicted molar refractivity (Wildman–Crippen MR) is 72.1 cm³/mol. The van der Waals surface area contributed by atoms with Crippen molar-refractivity contribution in [3.8, 4) is 0 Å². The fraction of sp³-hybridized carbons (Fsp3) is 0.750. The normalized spacial score (nSPS) is 56.5. The smallest absolute Gasteiger partial charge is 0.331 e. The van der Waals surface area contributed by atoms with Gasteiger partial charge in [0.15, 0.2) is 5.60 Å². The molecule has 0 unspecified atom stereocenters. The first kappa shape index (κ1) is 12.2. The Morgan fingerprint density at radius 2 is 2.24 bits per heavy atom. The Labute approximate surface area is 123 Å². The van der Waals surface area contributed by atoms with Crippen LogP contribution in [-0.4, -0.2) is 35.7 Å². The van der Waals surface area contributed by atoms with Crippen molar-refractivity contribution < 1.29 is 19.1 Å². The molecule has 3 bridgehead atoms. The minimum Gasteiger partial charge on any atom is -0.462 e. The lowest BCUT2D eigenvalue weighted by atomic mass is 9.58. The molecule has 3 aliphatic heterocycles. The first-order valence-electron chi connectivity index (χ1n) is 7.90. The third-order valence-electron chi connectivity index (χ3n) is 6.77. The van der Waals surface area contributed by atoms with Crippen molar-refractivity contribution in [1.29, 1.82) is 0 Å². The standard InChI is InChI=1S/C16H19NO4/c1-14-8-15-9(3-2-6-17-15)10(20-13(14)19)7-11(14)16(15)5-4-12(18)21-16/h4-5,9-11,17H,2-3,6-8H2,1H3/t9-,10-,11-,14-,15+,16-/m1/s1. The number of hydrogen-bond acceptors (Lipinski definition) is 5. The van der Waals surface area contributed by atoms with Crippen LogP contribution in [0.15, 0.2) is 12.2 Å². The Bertz CT molecular complexity index is 601. The highest BCUT2D eigenvalue weighted by atomic mass is 16.6. The molecule has 4 fully saturated rings. The highest BCUT2D eigenvalue weighted by molar-refractivity contribution is 5.87. The highest BCUT2D eigenvalue weighted by Gasteiger charge is 2.80. The number of fused-ring (bicyclic) bond motifs is 2. The molecule has 0 radical (unpaired) electrons. The van der Waals surface area contributed by atoms with Gasteiger partial charge in [0.2, 0.25) is 0 Å². The zero-order valence-corrected chi connectivity index (χ0v) is 12.1. The molecule has 112 valence electrons. The molecule has 5 rings (SSSR count). The maximum atomic E-state index is 12.6. The molecule has 2 saturated heterocycles. The summed E-state index contributed by atoms with van der Waals surface area (Å²) in [6.45, 7) is 2.90. The average Bonchev–Trinajstić information content (AvgIpc) is 2.86. The molecule has 5 heteroatoms. The van der Waals surface area contributed by atoms with E-state index in [-0.39, 0.29) is 35.4 Å². The molecule has 0 aromatic rings. The van der Waals surface area contributed by atoms with E-state index in [9.17, 15) is 9.59 Å². The van der Waals surface area contributed by atoms with Crippen molar-refractivity contribution >= 4 is 11.9 Å². The summed E-state index contributed by atoms with van der Waals surface area (Å²) in [5, 5.41) is 3.67. The van der Waals surface area contributed by atoms with E-state index in [0.29, 0.717) is 6.42 Å². The van der Waals surface area contributed by atoms with Gasteiger partial charge in [-0.25, -0.2) is 4.79 Å². The van der Waals surface area contributed by atoms with Gasteiger partial charge in [-0.2, -0.15) is 0 Å². The van der Waals surface area contributed by atoms with Crippen molar-refractivity contribution in [3.05, 3.63) is 12.2 Å². The van der Waals surface area contributed by atoms with Crippen LogP contribution >= 0.6 is 0 Å². The molecule has 0 amide bonds. The average molecular weight is 289 g/mol. The molecule has 0 aromatic carbocycles. The third-order valence-corrected chi connectivity index (χ3v) is 6.77. The van der Waals surface area contributed by atoms with Crippen LogP contribution in [-0.2, 0) is 19.1 Å². The van der Waals surface area contributed by atoms with Gasteiger partial charge in [-0.15, -0.1) is 0 Å². The molecule has 5 aliphatic rings. The van der Waals surface area contributed by atoms with Gasteiger partial charge >= 0.3 is 11.9 Å². The summed E-state index contributed by atoms with van der Waals surface area (Å²) in [4.78, 5) is 24.4. The first-order valence-corrected chi connectivity index (χ1v) is 7.90. The number of rotatable bonds is 0. The van der Waals surface area contributed by atoms with Crippen molar-refractivity contribution in [1.82, 2.24) is 5.32 Å². The molecule has 6 atom stereocenters. The maximum Gasteiger partial charge on any atom is 0.331 e. The Morgan fingerprint density at radius 3 is 3.00 bits per heavy atom. The van der Waals surface area contributed by atoms with Gasteiger partial charge in [0.05, 0.1) is 11.0 Å². The summed E-state index contributed by atoms with van der Waals surface area (Å²) in [5.41, 5.74) is -1.53. The lowest BCUT2D eigenvalue weighted by molar-refractivity contribution is -0.209. The van der Waals surface area contributed by atoms with E-state index < -0.39 is 11.0 Å². The quantitative estimate of drug-likeness (QED) is 0.672. The molecule has 0 aromatic heterocycles.